The normalized spacial score (nSPS) is 23.4. The Morgan fingerprint density at radius 1 is 1.16 bits per heavy atom. The van der Waals surface area contributed by atoms with E-state index in [1.807, 2.05) is 12.1 Å². The molecule has 0 radical (unpaired) electrons. The summed E-state index contributed by atoms with van der Waals surface area (Å²) in [4.78, 5) is 14.3. The number of sulfone groups is 1. The Labute approximate surface area is 153 Å². The lowest BCUT2D eigenvalue weighted by molar-refractivity contribution is -0.138. The number of likely N-dealkylation sites (tertiary alicyclic amines) is 1. The molecule has 2 aliphatic rings. The summed E-state index contributed by atoms with van der Waals surface area (Å²) >= 11 is 5.86. The average Bonchev–Trinajstić information content (AvgIpc) is 2.57. The molecule has 0 saturated carbocycles. The van der Waals surface area contributed by atoms with Gasteiger partial charge in [0.1, 0.15) is 15.5 Å². The molecule has 1 aromatic carbocycles. The molecule has 0 N–H and O–H groups in total. The number of carbonyl (C=O) groups is 1. The van der Waals surface area contributed by atoms with Gasteiger partial charge >= 0.3 is 0 Å². The van der Waals surface area contributed by atoms with E-state index in [0.717, 1.165) is 5.56 Å². The highest BCUT2D eigenvalue weighted by molar-refractivity contribution is 7.91. The van der Waals surface area contributed by atoms with Gasteiger partial charge in [-0.05, 0) is 43.4 Å². The zero-order chi connectivity index (χ0) is 18.1. The number of halogens is 2. The Morgan fingerprint density at radius 3 is 2.28 bits per heavy atom. The summed E-state index contributed by atoms with van der Waals surface area (Å²) < 4.78 is 38.1. The number of benzene rings is 1. The van der Waals surface area contributed by atoms with Crippen molar-refractivity contribution in [1.29, 1.82) is 0 Å². The maximum Gasteiger partial charge on any atom is 0.225 e. The fourth-order valence-electron chi connectivity index (χ4n) is 3.67. The van der Waals surface area contributed by atoms with Gasteiger partial charge in [0.15, 0.2) is 0 Å². The Morgan fingerprint density at radius 2 is 1.72 bits per heavy atom. The van der Waals surface area contributed by atoms with E-state index in [9.17, 15) is 13.2 Å². The molecule has 1 amide bonds. The van der Waals surface area contributed by atoms with Crippen molar-refractivity contribution in [2.24, 2.45) is 5.92 Å². The van der Waals surface area contributed by atoms with Gasteiger partial charge in [0.05, 0.1) is 11.5 Å². The third-order valence-electron chi connectivity index (χ3n) is 5.31. The van der Waals surface area contributed by atoms with E-state index in [-0.39, 0.29) is 23.3 Å². The van der Waals surface area contributed by atoms with E-state index >= 15 is 4.39 Å². The predicted molar refractivity (Wildman–Crippen MR) is 96.2 cm³/mol. The zero-order valence-electron chi connectivity index (χ0n) is 14.1. The highest BCUT2D eigenvalue weighted by atomic mass is 35.5. The van der Waals surface area contributed by atoms with Crippen molar-refractivity contribution in [2.75, 3.05) is 24.6 Å². The molecule has 4 nitrogen and oxygen atoms in total. The molecule has 2 saturated heterocycles. The highest BCUT2D eigenvalue weighted by Crippen LogP contribution is 2.32. The van der Waals surface area contributed by atoms with Crippen molar-refractivity contribution in [1.82, 2.24) is 4.90 Å². The van der Waals surface area contributed by atoms with Crippen LogP contribution in [0, 0.1) is 5.92 Å². The van der Waals surface area contributed by atoms with Crippen LogP contribution in [0.4, 0.5) is 4.39 Å². The second-order valence-electron chi connectivity index (χ2n) is 7.21. The van der Waals surface area contributed by atoms with E-state index in [4.69, 9.17) is 11.6 Å². The summed E-state index contributed by atoms with van der Waals surface area (Å²) in [6, 6.07) is 7.19. The van der Waals surface area contributed by atoms with Gasteiger partial charge in [-0.2, -0.15) is 0 Å². The standard InChI is InChI=1S/C18H23ClFNO3S/c19-16-3-1-14(2-4-16)13-18(20)7-9-21(10-8-18)17(22)15-5-11-25(23,24)12-6-15/h1-4,15H,5-13H2. The van der Waals surface area contributed by atoms with E-state index in [1.54, 1.807) is 17.0 Å². The number of piperidine rings is 1. The van der Waals surface area contributed by atoms with Crippen LogP contribution in [0.5, 0.6) is 0 Å². The van der Waals surface area contributed by atoms with Crippen LogP contribution in [0.2, 0.25) is 5.02 Å². The Balaban J connectivity index is 1.54. The molecular weight excluding hydrogens is 365 g/mol. The monoisotopic (exact) mass is 387 g/mol. The number of rotatable bonds is 3. The molecule has 7 heteroatoms. The van der Waals surface area contributed by atoms with Crippen LogP contribution in [0.3, 0.4) is 0 Å². The lowest BCUT2D eigenvalue weighted by Crippen LogP contribution is -2.48. The third kappa shape index (κ3) is 4.73. The van der Waals surface area contributed by atoms with Crippen LogP contribution in [0.1, 0.15) is 31.2 Å². The van der Waals surface area contributed by atoms with Crippen LogP contribution >= 0.6 is 11.6 Å². The molecule has 1 aromatic rings. The van der Waals surface area contributed by atoms with Crippen LogP contribution in [0.25, 0.3) is 0 Å². The second-order valence-corrected chi connectivity index (χ2v) is 9.95. The van der Waals surface area contributed by atoms with Crippen molar-refractivity contribution < 1.29 is 17.6 Å². The maximum absolute atomic E-state index is 15.1. The van der Waals surface area contributed by atoms with Gasteiger partial charge in [-0.1, -0.05) is 23.7 Å². The fourth-order valence-corrected chi connectivity index (χ4v) is 5.29. The van der Waals surface area contributed by atoms with Gasteiger partial charge < -0.3 is 4.90 Å². The van der Waals surface area contributed by atoms with Crippen LogP contribution in [-0.2, 0) is 21.1 Å². The topological polar surface area (TPSA) is 54.5 Å². The number of carbonyl (C=O) groups excluding carboxylic acids is 1. The van der Waals surface area contributed by atoms with E-state index < -0.39 is 15.5 Å². The summed E-state index contributed by atoms with van der Waals surface area (Å²) in [5.74, 6) is -0.0720. The molecule has 2 fully saturated rings. The van der Waals surface area contributed by atoms with E-state index in [2.05, 4.69) is 0 Å². The molecular formula is C18H23ClFNO3S. The first kappa shape index (κ1) is 18.6. The number of hydrogen-bond acceptors (Lipinski definition) is 3. The minimum absolute atomic E-state index is 0.0107. The molecule has 2 aliphatic heterocycles. The number of nitrogens with zero attached hydrogens (tertiary/aromatic N) is 1. The summed E-state index contributed by atoms with van der Waals surface area (Å²) in [7, 11) is -2.98. The van der Waals surface area contributed by atoms with E-state index in [0.29, 0.717) is 50.2 Å². The third-order valence-corrected chi connectivity index (χ3v) is 7.28. The molecule has 0 unspecified atom stereocenters. The fraction of sp³-hybridized carbons (Fsp3) is 0.611. The van der Waals surface area contributed by atoms with E-state index in [1.165, 1.54) is 0 Å². The average molecular weight is 388 g/mol. The molecule has 0 aliphatic carbocycles. The SMILES string of the molecule is O=C(C1CCS(=O)(=O)CC1)N1CCC(F)(Cc2ccc(Cl)cc2)CC1. The van der Waals surface area contributed by atoms with Gasteiger partial charge in [0.25, 0.3) is 0 Å². The lowest BCUT2D eigenvalue weighted by Gasteiger charge is -2.38. The zero-order valence-corrected chi connectivity index (χ0v) is 15.7. The van der Waals surface area contributed by atoms with Crippen LogP contribution < -0.4 is 0 Å². The Hall–Kier alpha value is -1.14. The minimum atomic E-state index is -2.98. The van der Waals surface area contributed by atoms with Crippen molar-refractivity contribution in [3.8, 4) is 0 Å². The summed E-state index contributed by atoms with van der Waals surface area (Å²) in [6.45, 7) is 0.790. The molecule has 0 bridgehead atoms. The van der Waals surface area contributed by atoms with Crippen molar-refractivity contribution in [3.05, 3.63) is 34.9 Å². The first-order valence-corrected chi connectivity index (χ1v) is 10.9. The quantitative estimate of drug-likeness (QED) is 0.801. The van der Waals surface area contributed by atoms with Gasteiger partial charge in [0, 0.05) is 30.5 Å². The van der Waals surface area contributed by atoms with Gasteiger partial charge in [-0.15, -0.1) is 0 Å². The van der Waals surface area contributed by atoms with Gasteiger partial charge in [-0.25, -0.2) is 12.8 Å². The number of amides is 1. The molecule has 25 heavy (non-hydrogen) atoms. The van der Waals surface area contributed by atoms with Crippen LogP contribution in [0.15, 0.2) is 24.3 Å². The molecule has 0 aromatic heterocycles. The maximum atomic E-state index is 15.1. The van der Waals surface area contributed by atoms with Crippen molar-refractivity contribution in [3.63, 3.8) is 0 Å². The summed E-state index contributed by atoms with van der Waals surface area (Å²) in [5.41, 5.74) is -0.398. The van der Waals surface area contributed by atoms with Crippen molar-refractivity contribution >= 4 is 27.3 Å². The molecule has 0 atom stereocenters. The first-order chi connectivity index (χ1) is 11.8. The summed E-state index contributed by atoms with van der Waals surface area (Å²) in [5, 5.41) is 0.631. The largest absolute Gasteiger partial charge is 0.342 e. The molecule has 3 rings (SSSR count). The lowest BCUT2D eigenvalue weighted by atomic mass is 9.86. The Kier molecular flexibility index (Phi) is 5.40. The highest BCUT2D eigenvalue weighted by Gasteiger charge is 2.38. The Bertz CT molecular complexity index is 713. The van der Waals surface area contributed by atoms with Gasteiger partial charge in [-0.3, -0.25) is 4.79 Å². The first-order valence-electron chi connectivity index (χ1n) is 8.69. The molecule has 0 spiro atoms. The summed E-state index contributed by atoms with van der Waals surface area (Å²) in [6.07, 6.45) is 1.74. The second kappa shape index (κ2) is 7.23. The number of hydrogen-bond donors (Lipinski definition) is 0. The van der Waals surface area contributed by atoms with Crippen LogP contribution in [-0.4, -0.2) is 49.5 Å². The van der Waals surface area contributed by atoms with Crippen molar-refractivity contribution in [2.45, 2.75) is 37.8 Å². The van der Waals surface area contributed by atoms with Gasteiger partial charge in [0.2, 0.25) is 5.91 Å². The smallest absolute Gasteiger partial charge is 0.225 e. The molecule has 2 heterocycles. The molecule has 138 valence electrons. The number of alkyl halides is 1. The predicted octanol–water partition coefficient (Wildman–Crippen LogP) is 3.04. The minimum Gasteiger partial charge on any atom is -0.342 e.